The number of carbonyl (C=O) groups is 1. The van der Waals surface area contributed by atoms with Gasteiger partial charge in [-0.05, 0) is 47.2 Å². The highest BCUT2D eigenvalue weighted by Crippen LogP contribution is 2.38. The number of thiocarbonyl (C=S) groups is 1. The summed E-state index contributed by atoms with van der Waals surface area (Å²) in [6, 6.07) is 19.4. The van der Waals surface area contributed by atoms with Gasteiger partial charge in [0.25, 0.3) is 5.91 Å². The number of carbonyl (C=O) groups excluding carboxylic acids is 1. The summed E-state index contributed by atoms with van der Waals surface area (Å²) in [7, 11) is 3.20. The molecule has 0 spiro atoms. The molecule has 0 N–H and O–H groups in total. The third-order valence-electron chi connectivity index (χ3n) is 4.51. The van der Waals surface area contributed by atoms with Crippen molar-refractivity contribution in [3.05, 3.63) is 71.1 Å². The fraction of sp³-hybridized carbons (Fsp3) is 0.0909. The van der Waals surface area contributed by atoms with E-state index in [4.69, 9.17) is 21.7 Å². The fourth-order valence-electron chi connectivity index (χ4n) is 3.10. The number of fused-ring (bicyclic) bond motifs is 1. The van der Waals surface area contributed by atoms with E-state index in [0.717, 1.165) is 22.0 Å². The quantitative estimate of drug-likeness (QED) is 0.436. The third kappa shape index (κ3) is 3.37. The maximum absolute atomic E-state index is 13.1. The molecule has 0 aliphatic carbocycles. The summed E-state index contributed by atoms with van der Waals surface area (Å²) in [6.07, 6.45) is 1.79. The largest absolute Gasteiger partial charge is 0.497 e. The molecule has 4 rings (SSSR count). The van der Waals surface area contributed by atoms with Gasteiger partial charge in [-0.2, -0.15) is 0 Å². The number of thioether (sulfide) groups is 1. The molecule has 0 atom stereocenters. The molecule has 1 amide bonds. The van der Waals surface area contributed by atoms with Crippen LogP contribution in [0.4, 0.5) is 5.69 Å². The van der Waals surface area contributed by atoms with Crippen LogP contribution in [0.3, 0.4) is 0 Å². The van der Waals surface area contributed by atoms with Crippen LogP contribution in [-0.2, 0) is 4.79 Å². The van der Waals surface area contributed by atoms with Gasteiger partial charge < -0.3 is 9.47 Å². The predicted octanol–water partition coefficient (Wildman–Crippen LogP) is 5.26. The van der Waals surface area contributed by atoms with E-state index in [0.29, 0.717) is 20.7 Å². The van der Waals surface area contributed by atoms with Crippen LogP contribution in [0.25, 0.3) is 16.8 Å². The molecule has 1 aliphatic heterocycles. The second kappa shape index (κ2) is 7.66. The second-order valence-electron chi connectivity index (χ2n) is 6.16. The van der Waals surface area contributed by atoms with Crippen molar-refractivity contribution in [1.82, 2.24) is 0 Å². The van der Waals surface area contributed by atoms with Gasteiger partial charge in [0.05, 0.1) is 24.8 Å². The minimum Gasteiger partial charge on any atom is -0.497 e. The van der Waals surface area contributed by atoms with Gasteiger partial charge in [0.15, 0.2) is 4.32 Å². The molecule has 1 aliphatic rings. The van der Waals surface area contributed by atoms with E-state index in [-0.39, 0.29) is 5.91 Å². The minimum absolute atomic E-state index is 0.143. The molecule has 1 heterocycles. The standard InChI is InChI=1S/C22H17NO3S2/c1-25-18-9-10-19(26-2)16(12-18)13-20-21(24)23(22(27)28-20)17-8-7-14-5-3-4-6-15(14)11-17/h3-13H,1-2H3. The number of amides is 1. The molecule has 0 aromatic heterocycles. The van der Waals surface area contributed by atoms with Crippen LogP contribution in [-0.4, -0.2) is 24.4 Å². The smallest absolute Gasteiger partial charge is 0.270 e. The van der Waals surface area contributed by atoms with Crippen molar-refractivity contribution in [3.63, 3.8) is 0 Å². The van der Waals surface area contributed by atoms with Crippen LogP contribution in [0.5, 0.6) is 11.5 Å². The highest BCUT2D eigenvalue weighted by molar-refractivity contribution is 8.27. The highest BCUT2D eigenvalue weighted by Gasteiger charge is 2.33. The zero-order chi connectivity index (χ0) is 19.7. The predicted molar refractivity (Wildman–Crippen MR) is 119 cm³/mol. The summed E-state index contributed by atoms with van der Waals surface area (Å²) < 4.78 is 11.2. The topological polar surface area (TPSA) is 38.8 Å². The first-order valence-corrected chi connectivity index (χ1v) is 9.82. The lowest BCUT2D eigenvalue weighted by molar-refractivity contribution is -0.113. The average Bonchev–Trinajstić information content (AvgIpc) is 3.00. The molecular weight excluding hydrogens is 390 g/mol. The van der Waals surface area contributed by atoms with Gasteiger partial charge in [-0.15, -0.1) is 0 Å². The summed E-state index contributed by atoms with van der Waals surface area (Å²) in [5, 5.41) is 2.18. The van der Waals surface area contributed by atoms with E-state index < -0.39 is 0 Å². The Labute approximate surface area is 172 Å². The third-order valence-corrected chi connectivity index (χ3v) is 5.81. The van der Waals surface area contributed by atoms with Crippen molar-refractivity contribution in [1.29, 1.82) is 0 Å². The molecule has 1 saturated heterocycles. The Morgan fingerprint density at radius 3 is 2.50 bits per heavy atom. The first-order chi connectivity index (χ1) is 13.6. The summed E-state index contributed by atoms with van der Waals surface area (Å²) >= 11 is 6.78. The van der Waals surface area contributed by atoms with Gasteiger partial charge in [0, 0.05) is 5.56 Å². The molecule has 3 aromatic carbocycles. The fourth-order valence-corrected chi connectivity index (χ4v) is 4.39. The molecule has 0 radical (unpaired) electrons. The Kier molecular flexibility index (Phi) is 5.07. The molecule has 140 valence electrons. The van der Waals surface area contributed by atoms with E-state index in [9.17, 15) is 4.79 Å². The Hall–Kier alpha value is -2.83. The summed E-state index contributed by atoms with van der Waals surface area (Å²) in [5.41, 5.74) is 1.53. The Morgan fingerprint density at radius 1 is 0.964 bits per heavy atom. The molecule has 3 aromatic rings. The molecule has 1 fully saturated rings. The molecule has 0 saturated carbocycles. The number of hydrogen-bond donors (Lipinski definition) is 0. The van der Waals surface area contributed by atoms with Gasteiger partial charge in [0.2, 0.25) is 0 Å². The van der Waals surface area contributed by atoms with Crippen molar-refractivity contribution in [3.8, 4) is 11.5 Å². The minimum atomic E-state index is -0.143. The normalized spacial score (nSPS) is 15.5. The van der Waals surface area contributed by atoms with E-state index in [2.05, 4.69) is 0 Å². The average molecular weight is 408 g/mol. The lowest BCUT2D eigenvalue weighted by atomic mass is 10.1. The van der Waals surface area contributed by atoms with Crippen LogP contribution in [0.1, 0.15) is 5.56 Å². The molecule has 6 heteroatoms. The van der Waals surface area contributed by atoms with Crippen molar-refractivity contribution in [2.45, 2.75) is 0 Å². The van der Waals surface area contributed by atoms with Crippen molar-refractivity contribution in [2.75, 3.05) is 19.1 Å². The summed E-state index contributed by atoms with van der Waals surface area (Å²) in [6.45, 7) is 0. The summed E-state index contributed by atoms with van der Waals surface area (Å²) in [5.74, 6) is 1.21. The van der Waals surface area contributed by atoms with Crippen molar-refractivity contribution < 1.29 is 14.3 Å². The van der Waals surface area contributed by atoms with Crippen molar-refractivity contribution >= 4 is 56.7 Å². The number of rotatable bonds is 4. The first kappa shape index (κ1) is 18.5. The molecule has 0 bridgehead atoms. The molecular formula is C22H17NO3S2. The lowest BCUT2D eigenvalue weighted by Crippen LogP contribution is -2.27. The second-order valence-corrected chi connectivity index (χ2v) is 7.83. The monoisotopic (exact) mass is 407 g/mol. The number of methoxy groups -OCH3 is 2. The SMILES string of the molecule is COc1ccc(OC)c(C=C2SC(=S)N(c3ccc4ccccc4c3)C2=O)c1. The van der Waals surface area contributed by atoms with E-state index in [1.165, 1.54) is 11.8 Å². The van der Waals surface area contributed by atoms with Gasteiger partial charge in [-0.3, -0.25) is 9.69 Å². The summed E-state index contributed by atoms with van der Waals surface area (Å²) in [4.78, 5) is 15.2. The van der Waals surface area contributed by atoms with Crippen LogP contribution in [0.2, 0.25) is 0 Å². The Balaban J connectivity index is 1.71. The van der Waals surface area contributed by atoms with Gasteiger partial charge in [-0.1, -0.05) is 54.3 Å². The van der Waals surface area contributed by atoms with Gasteiger partial charge in [0.1, 0.15) is 11.5 Å². The number of hydrogen-bond acceptors (Lipinski definition) is 5. The first-order valence-electron chi connectivity index (χ1n) is 8.59. The highest BCUT2D eigenvalue weighted by atomic mass is 32.2. The van der Waals surface area contributed by atoms with Crippen LogP contribution in [0.15, 0.2) is 65.6 Å². The van der Waals surface area contributed by atoms with Crippen LogP contribution >= 0.6 is 24.0 Å². The lowest BCUT2D eigenvalue weighted by Gasteiger charge is -2.15. The van der Waals surface area contributed by atoms with Gasteiger partial charge >= 0.3 is 0 Å². The van der Waals surface area contributed by atoms with E-state index in [1.807, 2.05) is 60.7 Å². The maximum Gasteiger partial charge on any atom is 0.270 e. The number of anilines is 1. The number of benzene rings is 3. The van der Waals surface area contributed by atoms with Crippen LogP contribution < -0.4 is 14.4 Å². The van der Waals surface area contributed by atoms with Crippen molar-refractivity contribution in [2.24, 2.45) is 0 Å². The van der Waals surface area contributed by atoms with Crippen LogP contribution in [0, 0.1) is 0 Å². The molecule has 4 nitrogen and oxygen atoms in total. The zero-order valence-corrected chi connectivity index (χ0v) is 17.0. The molecule has 0 unspecified atom stereocenters. The van der Waals surface area contributed by atoms with E-state index in [1.54, 1.807) is 25.2 Å². The maximum atomic E-state index is 13.1. The zero-order valence-electron chi connectivity index (χ0n) is 15.3. The number of nitrogens with zero attached hydrogens (tertiary/aromatic N) is 1. The Morgan fingerprint density at radius 2 is 1.75 bits per heavy atom. The Bertz CT molecular complexity index is 1120. The molecule has 28 heavy (non-hydrogen) atoms. The van der Waals surface area contributed by atoms with E-state index >= 15 is 0 Å². The number of ether oxygens (including phenoxy) is 2. The van der Waals surface area contributed by atoms with Gasteiger partial charge in [-0.25, -0.2) is 0 Å².